The van der Waals surface area contributed by atoms with Gasteiger partial charge in [0.1, 0.15) is 11.5 Å². The topological polar surface area (TPSA) is 142 Å². The molecule has 56 heavy (non-hydrogen) atoms. The number of rotatable bonds is 7. The monoisotopic (exact) mass is 774 g/mol. The minimum Gasteiger partial charge on any atom is -0.410 e. The van der Waals surface area contributed by atoms with Gasteiger partial charge in [-0.25, -0.2) is 9.36 Å². The summed E-state index contributed by atoms with van der Waals surface area (Å²) in [5.41, 5.74) is 8.28. The van der Waals surface area contributed by atoms with Crippen LogP contribution in [-0.4, -0.2) is 61.7 Å². The lowest BCUT2D eigenvalue weighted by Crippen LogP contribution is -2.43. The highest BCUT2D eigenvalue weighted by Gasteiger charge is 2.34. The molecule has 4 aromatic carbocycles. The number of phosphoric acid groups is 1. The molecule has 1 atom stereocenters. The summed E-state index contributed by atoms with van der Waals surface area (Å²) < 4.78 is 23.9. The molecule has 0 bridgehead atoms. The highest BCUT2D eigenvalue weighted by atomic mass is 31.2. The van der Waals surface area contributed by atoms with Crippen LogP contribution in [0.3, 0.4) is 0 Å². The van der Waals surface area contributed by atoms with E-state index in [2.05, 4.69) is 29.7 Å². The third-order valence-electron chi connectivity index (χ3n) is 11.1. The molecule has 12 nitrogen and oxygen atoms in total. The summed E-state index contributed by atoms with van der Waals surface area (Å²) in [5, 5.41) is 0. The van der Waals surface area contributed by atoms with Gasteiger partial charge in [0.05, 0.1) is 5.56 Å². The van der Waals surface area contributed by atoms with Crippen LogP contribution in [0.5, 0.6) is 11.5 Å². The number of ether oxygens (including phenoxy) is 1. The van der Waals surface area contributed by atoms with Crippen molar-refractivity contribution in [2.24, 2.45) is 0 Å². The van der Waals surface area contributed by atoms with Crippen LogP contribution < -0.4 is 14.2 Å². The molecule has 0 spiro atoms. The van der Waals surface area contributed by atoms with Crippen molar-refractivity contribution in [2.75, 3.05) is 18.5 Å². The van der Waals surface area contributed by atoms with Crippen molar-refractivity contribution in [3.8, 4) is 22.8 Å². The Labute approximate surface area is 325 Å². The third-order valence-corrected chi connectivity index (χ3v) is 11.5. The average Bonchev–Trinajstić information content (AvgIpc) is 3.58. The number of hydrogen-bond donors (Lipinski definition) is 2. The third kappa shape index (κ3) is 7.47. The van der Waals surface area contributed by atoms with Crippen molar-refractivity contribution in [1.29, 1.82) is 0 Å². The normalized spacial score (nSPS) is 16.3. The average molecular weight is 775 g/mol. The molecule has 2 N–H and O–H groups in total. The van der Waals surface area contributed by atoms with Gasteiger partial charge in [0.2, 0.25) is 0 Å². The lowest BCUT2D eigenvalue weighted by Gasteiger charge is -2.36. The van der Waals surface area contributed by atoms with E-state index in [9.17, 15) is 28.7 Å². The zero-order valence-corrected chi connectivity index (χ0v) is 32.2. The summed E-state index contributed by atoms with van der Waals surface area (Å²) in [6.07, 6.45) is 3.38. The highest BCUT2D eigenvalue weighted by molar-refractivity contribution is 7.46. The molecule has 8 rings (SSSR count). The van der Waals surface area contributed by atoms with Crippen LogP contribution in [0.4, 0.5) is 10.5 Å². The number of carbonyl (C=O) groups excluding carboxylic acids is 3. The van der Waals surface area contributed by atoms with E-state index in [1.54, 1.807) is 36.2 Å². The van der Waals surface area contributed by atoms with Gasteiger partial charge in [-0.3, -0.25) is 19.4 Å². The van der Waals surface area contributed by atoms with Gasteiger partial charge in [0.25, 0.3) is 11.8 Å². The number of aromatic nitrogens is 1. The maximum absolute atomic E-state index is 14.9. The molecule has 3 amide bonds. The van der Waals surface area contributed by atoms with E-state index in [1.807, 2.05) is 47.4 Å². The van der Waals surface area contributed by atoms with Gasteiger partial charge in [-0.15, -0.1) is 0 Å². The van der Waals surface area contributed by atoms with Crippen LogP contribution in [0.1, 0.15) is 68.4 Å². The minimum absolute atomic E-state index is 0.0150. The van der Waals surface area contributed by atoms with Crippen molar-refractivity contribution in [1.82, 2.24) is 14.4 Å². The summed E-state index contributed by atoms with van der Waals surface area (Å²) in [7, 11) is -3.08. The van der Waals surface area contributed by atoms with Gasteiger partial charge in [0.15, 0.2) is 0 Å². The molecule has 0 radical (unpaired) electrons. The van der Waals surface area contributed by atoms with Crippen molar-refractivity contribution < 1.29 is 38.0 Å². The first-order valence-corrected chi connectivity index (χ1v) is 20.4. The number of anilines is 1. The summed E-state index contributed by atoms with van der Waals surface area (Å²) in [4.78, 5) is 66.0. The standard InChI is InChI=1S/C43H43N4O8P/c1-28-22-29-10-6-7-11-31(29)27-47(28)42(49)37-24-32-26-45(43(50)54-34-12-4-3-5-13-34)21-19-30(32)23-36(37)40-25-38(39-14-8-9-20-46(39)40)41(48)44(2)33-15-17-35(18-16-33)55-56(51,52)53/h3-7,10-13,15-18,23-25,28H,8-9,14,19-22,26-27H2,1-2H3,(H2,51,52,53)/t28-/m1/s1. The first kappa shape index (κ1) is 37.3. The fourth-order valence-corrected chi connectivity index (χ4v) is 8.56. The number of carbonyl (C=O) groups is 3. The Balaban J connectivity index is 1.18. The highest BCUT2D eigenvalue weighted by Crippen LogP contribution is 2.40. The molecule has 0 fully saturated rings. The molecule has 4 heterocycles. The number of benzene rings is 4. The van der Waals surface area contributed by atoms with Crippen molar-refractivity contribution >= 4 is 31.4 Å². The molecule has 1 aromatic heterocycles. The SMILES string of the molecule is C[C@@H]1Cc2ccccc2CN1C(=O)c1cc2c(cc1-c1cc(C(=O)N(C)c3ccc(OP(=O)(O)O)cc3)c3n1CCCC3)CCN(C(=O)Oc1ccccc1)C2. The van der Waals surface area contributed by atoms with E-state index < -0.39 is 13.9 Å². The van der Waals surface area contributed by atoms with Crippen LogP contribution in [-0.2, 0) is 43.5 Å². The molecule has 13 heteroatoms. The smallest absolute Gasteiger partial charge is 0.410 e. The Hall–Kier alpha value is -5.68. The number of para-hydroxylation sites is 1. The quantitative estimate of drug-likeness (QED) is 0.163. The summed E-state index contributed by atoms with van der Waals surface area (Å²) in [6, 6.07) is 29.0. The van der Waals surface area contributed by atoms with E-state index in [0.29, 0.717) is 61.6 Å². The van der Waals surface area contributed by atoms with E-state index in [4.69, 9.17) is 9.26 Å². The number of amides is 3. The fourth-order valence-electron chi connectivity index (χ4n) is 8.16. The van der Waals surface area contributed by atoms with Crippen LogP contribution in [0.15, 0.2) is 97.1 Å². The molecule has 3 aliphatic heterocycles. The second-order valence-corrected chi connectivity index (χ2v) is 15.9. The van der Waals surface area contributed by atoms with E-state index in [-0.39, 0.29) is 23.6 Å². The van der Waals surface area contributed by atoms with Gasteiger partial charge < -0.3 is 28.5 Å². The predicted octanol–water partition coefficient (Wildman–Crippen LogP) is 7.38. The van der Waals surface area contributed by atoms with Gasteiger partial charge in [-0.1, -0.05) is 42.5 Å². The maximum Gasteiger partial charge on any atom is 0.524 e. The number of nitrogens with zero attached hydrogens (tertiary/aromatic N) is 4. The first-order valence-electron chi connectivity index (χ1n) is 18.8. The molecular formula is C43H43N4O8P. The molecule has 0 saturated heterocycles. The summed E-state index contributed by atoms with van der Waals surface area (Å²) >= 11 is 0. The Kier molecular flexibility index (Phi) is 10.0. The van der Waals surface area contributed by atoms with Crippen LogP contribution >= 0.6 is 7.82 Å². The largest absolute Gasteiger partial charge is 0.524 e. The zero-order chi connectivity index (χ0) is 39.1. The Morgan fingerprint density at radius 3 is 2.25 bits per heavy atom. The molecule has 5 aromatic rings. The van der Waals surface area contributed by atoms with E-state index >= 15 is 0 Å². The second-order valence-electron chi connectivity index (χ2n) is 14.7. The lowest BCUT2D eigenvalue weighted by atomic mass is 9.90. The molecule has 288 valence electrons. The Bertz CT molecular complexity index is 2370. The van der Waals surface area contributed by atoms with Gasteiger partial charge in [-0.05, 0) is 116 Å². The molecule has 0 unspecified atom stereocenters. The zero-order valence-electron chi connectivity index (χ0n) is 31.3. The van der Waals surface area contributed by atoms with Gasteiger partial charge in [0, 0.05) is 67.5 Å². The van der Waals surface area contributed by atoms with Crippen LogP contribution in [0.25, 0.3) is 11.3 Å². The lowest BCUT2D eigenvalue weighted by molar-refractivity contribution is 0.0658. The Morgan fingerprint density at radius 1 is 0.768 bits per heavy atom. The first-order chi connectivity index (χ1) is 26.9. The molecule has 0 aliphatic carbocycles. The maximum atomic E-state index is 14.9. The fraction of sp³-hybridized carbons (Fsp3) is 0.279. The summed E-state index contributed by atoms with van der Waals surface area (Å²) in [6.45, 7) is 3.97. The van der Waals surface area contributed by atoms with Crippen LogP contribution in [0, 0.1) is 0 Å². The predicted molar refractivity (Wildman–Crippen MR) is 211 cm³/mol. The number of phosphoric ester groups is 1. The van der Waals surface area contributed by atoms with Crippen molar-refractivity contribution in [2.45, 2.75) is 64.7 Å². The van der Waals surface area contributed by atoms with Gasteiger partial charge in [-0.2, -0.15) is 0 Å². The molecule has 3 aliphatic rings. The number of fused-ring (bicyclic) bond motifs is 3. The van der Waals surface area contributed by atoms with Crippen molar-refractivity contribution in [3.63, 3.8) is 0 Å². The second kappa shape index (κ2) is 15.1. The molecule has 0 saturated carbocycles. The number of hydrogen-bond acceptors (Lipinski definition) is 6. The van der Waals surface area contributed by atoms with Crippen LogP contribution in [0.2, 0.25) is 0 Å². The molecular weight excluding hydrogens is 731 g/mol. The minimum atomic E-state index is -4.73. The van der Waals surface area contributed by atoms with E-state index in [1.165, 1.54) is 22.6 Å². The Morgan fingerprint density at radius 2 is 1.50 bits per heavy atom. The van der Waals surface area contributed by atoms with Gasteiger partial charge >= 0.3 is 13.9 Å². The van der Waals surface area contributed by atoms with Crippen molar-refractivity contribution in [3.05, 3.63) is 136 Å². The van der Waals surface area contributed by atoms with E-state index in [0.717, 1.165) is 52.9 Å². The summed E-state index contributed by atoms with van der Waals surface area (Å²) in [5.74, 6) is 0.0978.